The van der Waals surface area contributed by atoms with Crippen molar-refractivity contribution in [3.05, 3.63) is 0 Å². The van der Waals surface area contributed by atoms with E-state index in [2.05, 4.69) is 20.5 Å². The molecule has 2 N–H and O–H groups in total. The zero-order chi connectivity index (χ0) is 16.7. The van der Waals surface area contributed by atoms with E-state index in [1.54, 1.807) is 14.2 Å². The van der Waals surface area contributed by atoms with Crippen molar-refractivity contribution in [2.45, 2.75) is 25.3 Å². The first-order valence-corrected chi connectivity index (χ1v) is 10.2. The third-order valence-electron chi connectivity index (χ3n) is 4.67. The number of methoxy groups -OCH3 is 1. The summed E-state index contributed by atoms with van der Waals surface area (Å²) in [5.41, 5.74) is 0. The lowest BCUT2D eigenvalue weighted by atomic mass is 9.97. The summed E-state index contributed by atoms with van der Waals surface area (Å²) < 4.78 is 28.1. The van der Waals surface area contributed by atoms with Gasteiger partial charge in [-0.15, -0.1) is 0 Å². The van der Waals surface area contributed by atoms with Crippen LogP contribution in [0.25, 0.3) is 0 Å². The lowest BCUT2D eigenvalue weighted by molar-refractivity contribution is 0.121. The Hall–Kier alpha value is -0.860. The lowest BCUT2D eigenvalue weighted by Crippen LogP contribution is -2.46. The number of hydrogen-bond donors (Lipinski definition) is 2. The summed E-state index contributed by atoms with van der Waals surface area (Å²) in [7, 11) is 0.610. The van der Waals surface area contributed by atoms with Gasteiger partial charge in [-0.05, 0) is 38.3 Å². The van der Waals surface area contributed by atoms with Crippen LogP contribution in [0.4, 0.5) is 0 Å². The average Bonchev–Trinajstić information content (AvgIpc) is 2.89. The SMILES string of the molecule is CN=C(NCC1CCN(CCOC)CC1)NC1CCS(=O)(=O)C1. The van der Waals surface area contributed by atoms with Gasteiger partial charge >= 0.3 is 0 Å². The van der Waals surface area contributed by atoms with Crippen molar-refractivity contribution in [3.8, 4) is 0 Å². The van der Waals surface area contributed by atoms with Gasteiger partial charge < -0.3 is 20.3 Å². The van der Waals surface area contributed by atoms with E-state index in [1.165, 1.54) is 12.8 Å². The van der Waals surface area contributed by atoms with E-state index in [-0.39, 0.29) is 17.5 Å². The van der Waals surface area contributed by atoms with Gasteiger partial charge in [0.1, 0.15) is 0 Å². The van der Waals surface area contributed by atoms with Crippen LogP contribution in [0.1, 0.15) is 19.3 Å². The summed E-state index contributed by atoms with van der Waals surface area (Å²) >= 11 is 0. The average molecular weight is 346 g/mol. The molecule has 134 valence electrons. The van der Waals surface area contributed by atoms with E-state index in [1.807, 2.05) is 0 Å². The molecular weight excluding hydrogens is 316 g/mol. The molecule has 0 aliphatic carbocycles. The van der Waals surface area contributed by atoms with Crippen LogP contribution >= 0.6 is 0 Å². The molecule has 2 saturated heterocycles. The first-order chi connectivity index (χ1) is 11.0. The second-order valence-electron chi connectivity index (χ2n) is 6.48. The Balaban J connectivity index is 1.66. The zero-order valence-corrected chi connectivity index (χ0v) is 15.1. The number of rotatable bonds is 6. The van der Waals surface area contributed by atoms with Gasteiger partial charge in [0.05, 0.1) is 18.1 Å². The van der Waals surface area contributed by atoms with E-state index in [0.29, 0.717) is 18.3 Å². The van der Waals surface area contributed by atoms with Crippen LogP contribution in [-0.2, 0) is 14.6 Å². The minimum atomic E-state index is -2.86. The number of guanidine groups is 1. The number of sulfone groups is 1. The van der Waals surface area contributed by atoms with E-state index in [0.717, 1.165) is 32.8 Å². The van der Waals surface area contributed by atoms with Crippen molar-refractivity contribution in [2.75, 3.05) is 58.4 Å². The predicted octanol–water partition coefficient (Wildman–Crippen LogP) is -0.303. The Morgan fingerprint density at radius 1 is 1.30 bits per heavy atom. The summed E-state index contributed by atoms with van der Waals surface area (Å²) in [6.07, 6.45) is 3.01. The number of likely N-dealkylation sites (tertiary alicyclic amines) is 1. The molecule has 0 radical (unpaired) electrons. The molecule has 2 aliphatic rings. The Labute approximate surface area is 139 Å². The van der Waals surface area contributed by atoms with Crippen molar-refractivity contribution >= 4 is 15.8 Å². The number of nitrogens with one attached hydrogen (secondary N) is 2. The molecule has 0 bridgehead atoms. The molecule has 0 amide bonds. The molecule has 1 unspecified atom stereocenters. The van der Waals surface area contributed by atoms with Crippen molar-refractivity contribution in [1.82, 2.24) is 15.5 Å². The molecule has 2 rings (SSSR count). The van der Waals surface area contributed by atoms with Gasteiger partial charge in [-0.2, -0.15) is 0 Å². The highest BCUT2D eigenvalue weighted by Gasteiger charge is 2.28. The van der Waals surface area contributed by atoms with Gasteiger partial charge in [0.25, 0.3) is 0 Å². The van der Waals surface area contributed by atoms with Gasteiger partial charge in [-0.25, -0.2) is 8.42 Å². The summed E-state index contributed by atoms with van der Waals surface area (Å²) in [6, 6.07) is -0.0120. The summed E-state index contributed by atoms with van der Waals surface area (Å²) in [5, 5.41) is 6.58. The molecule has 8 heteroatoms. The van der Waals surface area contributed by atoms with Crippen LogP contribution in [0.3, 0.4) is 0 Å². The Morgan fingerprint density at radius 2 is 2.04 bits per heavy atom. The number of aliphatic imine (C=N–C) groups is 1. The molecule has 0 aromatic heterocycles. The van der Waals surface area contributed by atoms with Crippen molar-refractivity contribution in [1.29, 1.82) is 0 Å². The molecule has 2 fully saturated rings. The highest BCUT2D eigenvalue weighted by molar-refractivity contribution is 7.91. The van der Waals surface area contributed by atoms with Gasteiger partial charge in [0, 0.05) is 33.3 Å². The highest BCUT2D eigenvalue weighted by atomic mass is 32.2. The summed E-state index contributed by atoms with van der Waals surface area (Å²) in [6.45, 7) is 4.92. The monoisotopic (exact) mass is 346 g/mol. The Morgan fingerprint density at radius 3 is 2.61 bits per heavy atom. The lowest BCUT2D eigenvalue weighted by Gasteiger charge is -2.32. The maximum Gasteiger partial charge on any atom is 0.191 e. The number of nitrogens with zero attached hydrogens (tertiary/aromatic N) is 2. The Bertz CT molecular complexity index is 487. The highest BCUT2D eigenvalue weighted by Crippen LogP contribution is 2.16. The normalized spacial score (nSPS) is 26.3. The van der Waals surface area contributed by atoms with Crippen LogP contribution < -0.4 is 10.6 Å². The number of ether oxygens (including phenoxy) is 1. The standard InChI is InChI=1S/C15H30N4O3S/c1-16-15(18-14-5-10-23(20,21)12-14)17-11-13-3-6-19(7-4-13)8-9-22-2/h13-14H,3-12H2,1-2H3,(H2,16,17,18). The number of piperidine rings is 1. The third kappa shape index (κ3) is 6.27. The van der Waals surface area contributed by atoms with E-state index in [4.69, 9.17) is 4.74 Å². The molecule has 0 spiro atoms. The fourth-order valence-corrected chi connectivity index (χ4v) is 4.85. The molecular formula is C15H30N4O3S. The van der Waals surface area contributed by atoms with Gasteiger partial charge in [0.15, 0.2) is 15.8 Å². The second-order valence-corrected chi connectivity index (χ2v) is 8.70. The first kappa shape index (κ1) is 18.5. The summed E-state index contributed by atoms with van der Waals surface area (Å²) in [4.78, 5) is 6.65. The molecule has 23 heavy (non-hydrogen) atoms. The quantitative estimate of drug-likeness (QED) is 0.507. The van der Waals surface area contributed by atoms with E-state index < -0.39 is 9.84 Å². The second kappa shape index (κ2) is 8.84. The zero-order valence-electron chi connectivity index (χ0n) is 14.3. The largest absolute Gasteiger partial charge is 0.383 e. The predicted molar refractivity (Wildman–Crippen MR) is 92.6 cm³/mol. The maximum atomic E-state index is 11.5. The van der Waals surface area contributed by atoms with Crippen LogP contribution in [0.5, 0.6) is 0 Å². The molecule has 2 aliphatic heterocycles. The van der Waals surface area contributed by atoms with E-state index >= 15 is 0 Å². The van der Waals surface area contributed by atoms with Crippen LogP contribution in [-0.4, -0.2) is 83.8 Å². The minimum absolute atomic E-state index is 0.0120. The molecule has 2 heterocycles. The molecule has 1 atom stereocenters. The van der Waals surface area contributed by atoms with Crippen LogP contribution in [0.15, 0.2) is 4.99 Å². The topological polar surface area (TPSA) is 83.0 Å². The van der Waals surface area contributed by atoms with E-state index in [9.17, 15) is 8.42 Å². The minimum Gasteiger partial charge on any atom is -0.383 e. The fourth-order valence-electron chi connectivity index (χ4n) is 3.17. The number of hydrogen-bond acceptors (Lipinski definition) is 5. The van der Waals surface area contributed by atoms with Gasteiger partial charge in [-0.1, -0.05) is 0 Å². The van der Waals surface area contributed by atoms with Crippen molar-refractivity contribution in [2.24, 2.45) is 10.9 Å². The molecule has 0 saturated carbocycles. The first-order valence-electron chi connectivity index (χ1n) is 8.41. The fraction of sp³-hybridized carbons (Fsp3) is 0.933. The Kier molecular flexibility index (Phi) is 7.10. The van der Waals surface area contributed by atoms with Crippen LogP contribution in [0.2, 0.25) is 0 Å². The van der Waals surface area contributed by atoms with Gasteiger partial charge in [-0.3, -0.25) is 4.99 Å². The third-order valence-corrected chi connectivity index (χ3v) is 6.44. The smallest absolute Gasteiger partial charge is 0.191 e. The maximum absolute atomic E-state index is 11.5. The molecule has 0 aromatic rings. The summed E-state index contributed by atoms with van der Waals surface area (Å²) in [5.74, 6) is 1.85. The van der Waals surface area contributed by atoms with Crippen LogP contribution in [0, 0.1) is 5.92 Å². The van der Waals surface area contributed by atoms with Crippen molar-refractivity contribution < 1.29 is 13.2 Å². The molecule has 0 aromatic carbocycles. The van der Waals surface area contributed by atoms with Gasteiger partial charge in [0.2, 0.25) is 0 Å². The molecule has 7 nitrogen and oxygen atoms in total. The van der Waals surface area contributed by atoms with Crippen molar-refractivity contribution in [3.63, 3.8) is 0 Å².